The predicted octanol–water partition coefficient (Wildman–Crippen LogP) is 2.53. The Morgan fingerprint density at radius 2 is 1.81 bits per heavy atom. The summed E-state index contributed by atoms with van der Waals surface area (Å²) in [5, 5.41) is 10.7. The summed E-state index contributed by atoms with van der Waals surface area (Å²) in [4.78, 5) is 30.8. The molecule has 9 nitrogen and oxygen atoms in total. The van der Waals surface area contributed by atoms with Crippen molar-refractivity contribution in [3.05, 3.63) is 24.3 Å². The lowest BCUT2D eigenvalue weighted by molar-refractivity contribution is -0.147. The number of hydroxylamine groups is 2. The molecule has 1 saturated carbocycles. The van der Waals surface area contributed by atoms with Crippen LogP contribution in [0.15, 0.2) is 24.3 Å². The first kappa shape index (κ1) is 24.1. The number of benzene rings is 1. The Kier molecular flexibility index (Phi) is 9.43. The van der Waals surface area contributed by atoms with Crippen LogP contribution in [0.25, 0.3) is 0 Å². The van der Waals surface area contributed by atoms with Crippen molar-refractivity contribution in [2.45, 2.75) is 51.1 Å². The number of rotatable bonds is 10. The van der Waals surface area contributed by atoms with Gasteiger partial charge in [-0.25, -0.2) is 4.79 Å². The molecular formula is C23H36N4O5. The first-order chi connectivity index (χ1) is 15.5. The molecule has 2 amide bonds. The third-order valence-corrected chi connectivity index (χ3v) is 5.93. The topological polar surface area (TPSA) is 101 Å². The largest absolute Gasteiger partial charge is 0.497 e. The quantitative estimate of drug-likeness (QED) is 0.506. The van der Waals surface area contributed by atoms with E-state index in [0.717, 1.165) is 24.3 Å². The molecule has 0 spiro atoms. The first-order valence-electron chi connectivity index (χ1n) is 11.5. The van der Waals surface area contributed by atoms with Gasteiger partial charge in [0.2, 0.25) is 5.91 Å². The summed E-state index contributed by atoms with van der Waals surface area (Å²) in [5.41, 5.74) is 0.946. The van der Waals surface area contributed by atoms with Gasteiger partial charge in [-0.15, -0.1) is 5.06 Å². The van der Waals surface area contributed by atoms with Crippen molar-refractivity contribution < 1.29 is 23.9 Å². The summed E-state index contributed by atoms with van der Waals surface area (Å²) >= 11 is 0. The number of ether oxygens (including phenoxy) is 2. The van der Waals surface area contributed by atoms with Crippen molar-refractivity contribution in [2.75, 3.05) is 45.3 Å². The Morgan fingerprint density at radius 1 is 1.12 bits per heavy atom. The summed E-state index contributed by atoms with van der Waals surface area (Å²) in [6.45, 7) is 4.61. The van der Waals surface area contributed by atoms with Crippen LogP contribution in [0, 0.1) is 5.92 Å². The third-order valence-electron chi connectivity index (χ3n) is 5.93. The van der Waals surface area contributed by atoms with E-state index >= 15 is 0 Å². The number of anilines is 1. The Balaban J connectivity index is 1.49. The lowest BCUT2D eigenvalue weighted by Gasteiger charge is -2.27. The molecule has 9 heteroatoms. The first-order valence-corrected chi connectivity index (χ1v) is 11.5. The zero-order valence-electron chi connectivity index (χ0n) is 19.1. The number of morpholine rings is 1. The van der Waals surface area contributed by atoms with Gasteiger partial charge >= 0.3 is 6.09 Å². The molecule has 0 bridgehead atoms. The maximum atomic E-state index is 13.0. The minimum Gasteiger partial charge on any atom is -0.497 e. The van der Waals surface area contributed by atoms with E-state index in [4.69, 9.17) is 14.3 Å². The number of nitrogens with zero attached hydrogens (tertiary/aromatic N) is 1. The standard InChI is InChI=1S/C23H36N4O5/c1-17(16-24-19-7-9-20(30-2)10-8-19)25-22(28)21(15-18-5-3-4-6-18)26-23(29)32-27-11-13-31-14-12-27/h7-10,17-18,21,24H,3-6,11-16H2,1-2H3,(H,25,28)(H,26,29)/t17-,21-/m0/s1. The van der Waals surface area contributed by atoms with Crippen molar-refractivity contribution in [2.24, 2.45) is 5.92 Å². The highest BCUT2D eigenvalue weighted by Gasteiger charge is 2.28. The van der Waals surface area contributed by atoms with Crippen molar-refractivity contribution in [1.82, 2.24) is 15.7 Å². The minimum absolute atomic E-state index is 0.118. The van der Waals surface area contributed by atoms with Gasteiger partial charge in [-0.05, 0) is 43.5 Å². The van der Waals surface area contributed by atoms with Gasteiger partial charge in [0.05, 0.1) is 33.4 Å². The van der Waals surface area contributed by atoms with Crippen LogP contribution < -0.4 is 20.7 Å². The third kappa shape index (κ3) is 7.87. The monoisotopic (exact) mass is 448 g/mol. The molecule has 32 heavy (non-hydrogen) atoms. The molecular weight excluding hydrogens is 412 g/mol. The Morgan fingerprint density at radius 3 is 2.47 bits per heavy atom. The van der Waals surface area contributed by atoms with E-state index < -0.39 is 12.1 Å². The fraction of sp³-hybridized carbons (Fsp3) is 0.652. The summed E-state index contributed by atoms with van der Waals surface area (Å²) < 4.78 is 10.4. The van der Waals surface area contributed by atoms with Gasteiger partial charge in [0.25, 0.3) is 0 Å². The average Bonchev–Trinajstić information content (AvgIpc) is 3.31. The molecule has 1 saturated heterocycles. The second-order valence-electron chi connectivity index (χ2n) is 8.52. The zero-order chi connectivity index (χ0) is 22.8. The van der Waals surface area contributed by atoms with Gasteiger partial charge < -0.3 is 30.3 Å². The Labute approximate surface area is 190 Å². The highest BCUT2D eigenvalue weighted by atomic mass is 16.7. The smallest absolute Gasteiger partial charge is 0.426 e. The van der Waals surface area contributed by atoms with E-state index in [2.05, 4.69) is 16.0 Å². The molecule has 0 radical (unpaired) electrons. The van der Waals surface area contributed by atoms with Crippen LogP contribution in [0.5, 0.6) is 5.75 Å². The predicted molar refractivity (Wildman–Crippen MR) is 121 cm³/mol. The second kappa shape index (κ2) is 12.5. The number of methoxy groups -OCH3 is 1. The highest BCUT2D eigenvalue weighted by molar-refractivity contribution is 5.85. The van der Waals surface area contributed by atoms with E-state index in [-0.39, 0.29) is 11.9 Å². The SMILES string of the molecule is COc1ccc(NC[C@H](C)NC(=O)[C@H](CC2CCCC2)NC(=O)ON2CCOCC2)cc1. The van der Waals surface area contributed by atoms with Crippen LogP contribution in [-0.2, 0) is 14.4 Å². The second-order valence-corrected chi connectivity index (χ2v) is 8.52. The molecule has 2 aliphatic rings. The number of carbonyl (C=O) groups is 2. The lowest BCUT2D eigenvalue weighted by atomic mass is 9.97. The van der Waals surface area contributed by atoms with E-state index in [1.165, 1.54) is 12.8 Å². The minimum atomic E-state index is -0.616. The number of hydrogen-bond donors (Lipinski definition) is 3. The molecule has 1 aliphatic heterocycles. The number of nitrogens with one attached hydrogen (secondary N) is 3. The van der Waals surface area contributed by atoms with Crippen LogP contribution >= 0.6 is 0 Å². The van der Waals surface area contributed by atoms with E-state index in [9.17, 15) is 9.59 Å². The fourth-order valence-corrected chi connectivity index (χ4v) is 4.11. The maximum absolute atomic E-state index is 13.0. The van der Waals surface area contributed by atoms with Gasteiger partial charge in [0.1, 0.15) is 11.8 Å². The van der Waals surface area contributed by atoms with Crippen molar-refractivity contribution in [3.8, 4) is 5.75 Å². The van der Waals surface area contributed by atoms with Crippen LogP contribution in [0.2, 0.25) is 0 Å². The lowest BCUT2D eigenvalue weighted by Crippen LogP contribution is -2.52. The van der Waals surface area contributed by atoms with E-state index in [1.54, 1.807) is 12.2 Å². The molecule has 1 aliphatic carbocycles. The number of carbonyl (C=O) groups excluding carboxylic acids is 2. The summed E-state index contributed by atoms with van der Waals surface area (Å²) in [6, 6.07) is 6.89. The number of amides is 2. The van der Waals surface area contributed by atoms with Crippen molar-refractivity contribution in [1.29, 1.82) is 0 Å². The molecule has 3 N–H and O–H groups in total. The van der Waals surface area contributed by atoms with E-state index in [1.807, 2.05) is 31.2 Å². The normalized spacial score (nSPS) is 19.1. The molecule has 1 aromatic rings. The number of hydrogen-bond acceptors (Lipinski definition) is 7. The molecule has 178 valence electrons. The van der Waals surface area contributed by atoms with Crippen LogP contribution in [0.1, 0.15) is 39.0 Å². The van der Waals surface area contributed by atoms with Crippen molar-refractivity contribution in [3.63, 3.8) is 0 Å². The van der Waals surface area contributed by atoms with E-state index in [0.29, 0.717) is 45.2 Å². The van der Waals surface area contributed by atoms with Crippen LogP contribution in [0.4, 0.5) is 10.5 Å². The molecule has 1 heterocycles. The molecule has 1 aromatic carbocycles. The molecule has 0 unspecified atom stereocenters. The molecule has 3 rings (SSSR count). The van der Waals surface area contributed by atoms with Gasteiger partial charge in [-0.2, -0.15) is 0 Å². The fourth-order valence-electron chi connectivity index (χ4n) is 4.11. The van der Waals surface area contributed by atoms with Gasteiger partial charge in [-0.1, -0.05) is 25.7 Å². The average molecular weight is 449 g/mol. The Bertz CT molecular complexity index is 718. The summed E-state index contributed by atoms with van der Waals surface area (Å²) in [5.74, 6) is 1.06. The van der Waals surface area contributed by atoms with Gasteiger partial charge in [-0.3, -0.25) is 4.79 Å². The molecule has 2 fully saturated rings. The molecule has 0 aromatic heterocycles. The Hall–Kier alpha value is -2.52. The summed E-state index contributed by atoms with van der Waals surface area (Å²) in [7, 11) is 1.63. The van der Waals surface area contributed by atoms with Crippen molar-refractivity contribution >= 4 is 17.7 Å². The summed E-state index contributed by atoms with van der Waals surface area (Å²) in [6.07, 6.45) is 4.59. The maximum Gasteiger partial charge on any atom is 0.426 e. The van der Waals surface area contributed by atoms with Crippen LogP contribution in [-0.4, -0.2) is 69.1 Å². The zero-order valence-corrected chi connectivity index (χ0v) is 19.1. The highest BCUT2D eigenvalue weighted by Crippen LogP contribution is 2.28. The van der Waals surface area contributed by atoms with Gasteiger partial charge in [0.15, 0.2) is 0 Å². The van der Waals surface area contributed by atoms with Crippen LogP contribution in [0.3, 0.4) is 0 Å². The molecule has 2 atom stereocenters. The van der Waals surface area contributed by atoms with Gasteiger partial charge in [0, 0.05) is 18.3 Å².